The number of halogens is 2. The summed E-state index contributed by atoms with van der Waals surface area (Å²) in [5, 5.41) is 0. The Hall–Kier alpha value is -0.460. The molecule has 1 aromatic rings. The predicted octanol–water partition coefficient (Wildman–Crippen LogP) is 3.62. The van der Waals surface area contributed by atoms with Crippen LogP contribution in [0.2, 0.25) is 0 Å². The topological polar surface area (TPSA) is 25.2 Å². The van der Waals surface area contributed by atoms with Crippen molar-refractivity contribution in [2.24, 2.45) is 4.99 Å². The SMILES string of the molecule is IC1(I)C2=C(C=C=NC=C2)c2cnccc21. The van der Waals surface area contributed by atoms with E-state index >= 15 is 0 Å². The molecule has 1 aliphatic heterocycles. The molecule has 0 unspecified atom stereocenters. The van der Waals surface area contributed by atoms with E-state index in [-0.39, 0.29) is 1.43 Å². The van der Waals surface area contributed by atoms with Crippen molar-refractivity contribution in [1.29, 1.82) is 0 Å². The molecular weight excluding hydrogens is 426 g/mol. The Morgan fingerprint density at radius 2 is 2.19 bits per heavy atom. The van der Waals surface area contributed by atoms with Gasteiger partial charge in [-0.1, -0.05) is 45.2 Å². The fraction of sp³-hybridized carbons (Fsp3) is 0.0833. The van der Waals surface area contributed by atoms with Crippen molar-refractivity contribution in [1.82, 2.24) is 4.98 Å². The normalized spacial score (nSPS) is 19.6. The van der Waals surface area contributed by atoms with E-state index in [9.17, 15) is 0 Å². The number of allylic oxidation sites excluding steroid dienone is 4. The molecule has 1 aromatic heterocycles. The van der Waals surface area contributed by atoms with Crippen LogP contribution in [0.15, 0.2) is 47.4 Å². The van der Waals surface area contributed by atoms with Crippen LogP contribution in [0, 0.1) is 0 Å². The number of pyridine rings is 1. The van der Waals surface area contributed by atoms with E-state index in [0.717, 1.165) is 0 Å². The smallest absolute Gasteiger partial charge is 0.124 e. The van der Waals surface area contributed by atoms with Gasteiger partial charge in [-0.3, -0.25) is 4.98 Å². The fourth-order valence-corrected chi connectivity index (χ4v) is 3.83. The van der Waals surface area contributed by atoms with Crippen LogP contribution < -0.4 is 0 Å². The summed E-state index contributed by atoms with van der Waals surface area (Å²) in [6.07, 6.45) is 9.56. The summed E-state index contributed by atoms with van der Waals surface area (Å²) in [5.41, 5.74) is 4.95. The molecule has 0 amide bonds. The van der Waals surface area contributed by atoms with Gasteiger partial charge in [0.15, 0.2) is 0 Å². The van der Waals surface area contributed by atoms with Crippen LogP contribution in [0.25, 0.3) is 5.57 Å². The largest absolute Gasteiger partial charge is 0.264 e. The molecular formula is C12H6I2N2. The second-order valence-corrected chi connectivity index (χ2v) is 8.84. The molecule has 78 valence electrons. The predicted molar refractivity (Wildman–Crippen MR) is 82.0 cm³/mol. The maximum Gasteiger partial charge on any atom is 0.124 e. The number of nitrogens with zero attached hydrogens (tertiary/aromatic N) is 2. The molecule has 0 atom stereocenters. The van der Waals surface area contributed by atoms with Crippen LogP contribution in [-0.4, -0.2) is 10.9 Å². The zero-order chi connectivity index (χ0) is 11.2. The standard InChI is InChI=1S/C12H6I2N2/c13-12(14)10-2-5-15-4-1-8(10)9-7-16-6-3-11(9)12/h1-3,5-7H. The maximum atomic E-state index is 4.20. The number of aliphatic imine (C=N–C) groups is 1. The number of aromatic nitrogens is 1. The van der Waals surface area contributed by atoms with Crippen molar-refractivity contribution in [3.05, 3.63) is 53.5 Å². The first kappa shape index (κ1) is 10.7. The Kier molecular flexibility index (Phi) is 2.53. The summed E-state index contributed by atoms with van der Waals surface area (Å²) < 4.78 is -0.0301. The number of rotatable bonds is 0. The third-order valence-corrected chi connectivity index (χ3v) is 5.00. The molecule has 0 N–H and O–H groups in total. The van der Waals surface area contributed by atoms with E-state index in [1.165, 1.54) is 22.3 Å². The first-order valence-electron chi connectivity index (χ1n) is 4.74. The van der Waals surface area contributed by atoms with Gasteiger partial charge >= 0.3 is 0 Å². The van der Waals surface area contributed by atoms with Gasteiger partial charge in [-0.15, -0.1) is 0 Å². The zero-order valence-electron chi connectivity index (χ0n) is 8.11. The third kappa shape index (κ3) is 1.43. The van der Waals surface area contributed by atoms with Crippen LogP contribution in [0.1, 0.15) is 11.1 Å². The van der Waals surface area contributed by atoms with Crippen LogP contribution in [0.5, 0.6) is 0 Å². The lowest BCUT2D eigenvalue weighted by atomic mass is 10.1. The summed E-state index contributed by atoms with van der Waals surface area (Å²) in [6, 6.07) is 2.08. The van der Waals surface area contributed by atoms with Crippen LogP contribution in [0.4, 0.5) is 0 Å². The van der Waals surface area contributed by atoms with Gasteiger partial charge in [-0.2, -0.15) is 0 Å². The summed E-state index contributed by atoms with van der Waals surface area (Å²) in [5.74, 6) is 2.92. The molecule has 2 heterocycles. The van der Waals surface area contributed by atoms with E-state index in [0.29, 0.717) is 0 Å². The van der Waals surface area contributed by atoms with Crippen molar-refractivity contribution in [3.63, 3.8) is 0 Å². The van der Waals surface area contributed by atoms with Gasteiger partial charge in [0.25, 0.3) is 0 Å². The molecule has 4 heteroatoms. The molecule has 0 fully saturated rings. The molecule has 0 spiro atoms. The lowest BCUT2D eigenvalue weighted by Crippen LogP contribution is -2.06. The van der Waals surface area contributed by atoms with Crippen LogP contribution in [-0.2, 0) is 1.43 Å². The van der Waals surface area contributed by atoms with Gasteiger partial charge < -0.3 is 0 Å². The highest BCUT2D eigenvalue weighted by Crippen LogP contribution is 2.56. The third-order valence-electron chi connectivity index (χ3n) is 2.68. The van der Waals surface area contributed by atoms with Crippen LogP contribution in [0.3, 0.4) is 0 Å². The molecule has 2 nitrogen and oxygen atoms in total. The Morgan fingerprint density at radius 1 is 1.31 bits per heavy atom. The van der Waals surface area contributed by atoms with Gasteiger partial charge in [0, 0.05) is 30.2 Å². The Morgan fingerprint density at radius 3 is 3.06 bits per heavy atom. The highest BCUT2D eigenvalue weighted by Gasteiger charge is 2.39. The minimum atomic E-state index is -0.0301. The Labute approximate surface area is 121 Å². The Balaban J connectivity index is 2.36. The minimum absolute atomic E-state index is 0.0301. The average Bonchev–Trinajstić information content (AvgIpc) is 2.50. The van der Waals surface area contributed by atoms with Crippen molar-refractivity contribution in [2.75, 3.05) is 0 Å². The summed E-state index contributed by atoms with van der Waals surface area (Å²) >= 11 is 4.94. The zero-order valence-corrected chi connectivity index (χ0v) is 12.4. The number of alkyl halides is 2. The number of fused-ring (bicyclic) bond motifs is 2. The van der Waals surface area contributed by atoms with Crippen LogP contribution >= 0.6 is 45.2 Å². The van der Waals surface area contributed by atoms with E-state index in [4.69, 9.17) is 0 Å². The van der Waals surface area contributed by atoms with Crippen molar-refractivity contribution in [2.45, 2.75) is 1.43 Å². The Bertz CT molecular complexity index is 591. The van der Waals surface area contributed by atoms with Gasteiger partial charge in [0.1, 0.15) is 1.43 Å². The van der Waals surface area contributed by atoms with Crippen molar-refractivity contribution in [3.8, 4) is 0 Å². The molecule has 0 bridgehead atoms. The monoisotopic (exact) mass is 432 g/mol. The molecule has 0 aromatic carbocycles. The van der Waals surface area contributed by atoms with E-state index < -0.39 is 0 Å². The molecule has 3 rings (SSSR count). The summed E-state index contributed by atoms with van der Waals surface area (Å²) in [7, 11) is 0. The number of hydrogen-bond acceptors (Lipinski definition) is 2. The van der Waals surface area contributed by atoms with Gasteiger partial charge in [-0.05, 0) is 34.7 Å². The lowest BCUT2D eigenvalue weighted by Gasteiger charge is -2.17. The fourth-order valence-electron chi connectivity index (χ4n) is 1.95. The molecule has 0 saturated carbocycles. The molecule has 16 heavy (non-hydrogen) atoms. The van der Waals surface area contributed by atoms with Gasteiger partial charge in [0.2, 0.25) is 0 Å². The summed E-state index contributed by atoms with van der Waals surface area (Å²) in [6.45, 7) is 0. The minimum Gasteiger partial charge on any atom is -0.264 e. The lowest BCUT2D eigenvalue weighted by molar-refractivity contribution is 1.18. The quantitative estimate of drug-likeness (QED) is 0.455. The van der Waals surface area contributed by atoms with Gasteiger partial charge in [0.05, 0.1) is 0 Å². The second kappa shape index (κ2) is 3.78. The maximum absolute atomic E-state index is 4.20. The first-order chi connectivity index (χ1) is 7.71. The van der Waals surface area contributed by atoms with Crippen molar-refractivity contribution >= 4 is 56.6 Å². The highest BCUT2D eigenvalue weighted by molar-refractivity contribution is 14.2. The first-order valence-corrected chi connectivity index (χ1v) is 6.89. The molecule has 0 radical (unpaired) electrons. The highest BCUT2D eigenvalue weighted by atomic mass is 127. The van der Waals surface area contributed by atoms with Crippen molar-refractivity contribution < 1.29 is 0 Å². The van der Waals surface area contributed by atoms with Gasteiger partial charge in [-0.25, -0.2) is 4.99 Å². The average molecular weight is 432 g/mol. The second-order valence-electron chi connectivity index (χ2n) is 3.54. The molecule has 1 aliphatic carbocycles. The molecule has 0 saturated heterocycles. The summed E-state index contributed by atoms with van der Waals surface area (Å²) in [4.78, 5) is 8.24. The molecule has 2 aliphatic rings. The van der Waals surface area contributed by atoms with E-state index in [1.54, 1.807) is 6.20 Å². The van der Waals surface area contributed by atoms with E-state index in [1.807, 2.05) is 18.5 Å². The van der Waals surface area contributed by atoms with E-state index in [2.05, 4.69) is 73.2 Å². The number of hydrogen-bond donors (Lipinski definition) is 0.